The number of esters is 1. The van der Waals surface area contributed by atoms with E-state index in [0.717, 1.165) is 5.69 Å². The molecule has 1 heterocycles. The van der Waals surface area contributed by atoms with Crippen molar-refractivity contribution in [3.05, 3.63) is 66.5 Å². The largest absolute Gasteiger partial charge is 0.495 e. The van der Waals surface area contributed by atoms with Gasteiger partial charge in [-0.2, -0.15) is 0 Å². The number of nitrogens with zero attached hydrogens (tertiary/aromatic N) is 2. The standard InChI is InChI=1S/C20H20N4O3/c1-3-27-20(25)14-8-4-5-9-15(14)23-18-12-19(22-13-21-18)24-16-10-6-7-11-17(16)26-2/h4-13H,3H2,1-2H3,(H2,21,22,23,24). The van der Waals surface area contributed by atoms with Crippen molar-refractivity contribution >= 4 is 29.0 Å². The molecule has 2 N–H and O–H groups in total. The summed E-state index contributed by atoms with van der Waals surface area (Å²) in [6, 6.07) is 16.4. The van der Waals surface area contributed by atoms with Crippen LogP contribution < -0.4 is 15.4 Å². The summed E-state index contributed by atoms with van der Waals surface area (Å²) >= 11 is 0. The molecule has 3 rings (SSSR count). The zero-order valence-electron chi connectivity index (χ0n) is 15.1. The first-order valence-corrected chi connectivity index (χ1v) is 8.46. The number of anilines is 4. The van der Waals surface area contributed by atoms with E-state index in [1.54, 1.807) is 38.3 Å². The lowest BCUT2D eigenvalue weighted by atomic mass is 10.2. The van der Waals surface area contributed by atoms with Gasteiger partial charge in [0.1, 0.15) is 23.7 Å². The number of rotatable bonds is 7. The maximum Gasteiger partial charge on any atom is 0.340 e. The molecule has 0 aliphatic heterocycles. The minimum absolute atomic E-state index is 0.313. The molecule has 27 heavy (non-hydrogen) atoms. The average Bonchev–Trinajstić information content (AvgIpc) is 2.69. The van der Waals surface area contributed by atoms with Crippen molar-refractivity contribution in [3.8, 4) is 5.75 Å². The second-order valence-corrected chi connectivity index (χ2v) is 5.50. The quantitative estimate of drug-likeness (QED) is 0.609. The second kappa shape index (κ2) is 8.66. The van der Waals surface area contributed by atoms with Crippen LogP contribution in [0.5, 0.6) is 5.75 Å². The van der Waals surface area contributed by atoms with E-state index in [1.165, 1.54) is 6.33 Å². The number of aromatic nitrogens is 2. The molecule has 7 heteroatoms. The minimum atomic E-state index is -0.387. The number of carbonyl (C=O) groups excluding carboxylic acids is 1. The Morgan fingerprint density at radius 1 is 0.963 bits per heavy atom. The fourth-order valence-electron chi connectivity index (χ4n) is 2.50. The molecule has 1 aromatic heterocycles. The zero-order valence-corrected chi connectivity index (χ0v) is 15.1. The first-order valence-electron chi connectivity index (χ1n) is 8.46. The van der Waals surface area contributed by atoms with Crippen LogP contribution in [-0.4, -0.2) is 29.7 Å². The first kappa shape index (κ1) is 18.2. The highest BCUT2D eigenvalue weighted by atomic mass is 16.5. The number of nitrogens with one attached hydrogen (secondary N) is 2. The summed E-state index contributed by atoms with van der Waals surface area (Å²) in [4.78, 5) is 20.6. The molecular weight excluding hydrogens is 344 g/mol. The van der Waals surface area contributed by atoms with E-state index in [2.05, 4.69) is 20.6 Å². The predicted molar refractivity (Wildman–Crippen MR) is 104 cm³/mol. The van der Waals surface area contributed by atoms with Gasteiger partial charge in [-0.15, -0.1) is 0 Å². The Kier molecular flexibility index (Phi) is 5.84. The molecule has 0 unspecified atom stereocenters. The van der Waals surface area contributed by atoms with Gasteiger partial charge < -0.3 is 20.1 Å². The van der Waals surface area contributed by atoms with Crippen LogP contribution in [0.15, 0.2) is 60.9 Å². The molecule has 0 radical (unpaired) electrons. The predicted octanol–water partition coefficient (Wildman–Crippen LogP) is 4.15. The molecule has 0 saturated heterocycles. The number of ether oxygens (including phenoxy) is 2. The lowest BCUT2D eigenvalue weighted by molar-refractivity contribution is 0.0527. The van der Waals surface area contributed by atoms with Crippen molar-refractivity contribution in [2.45, 2.75) is 6.92 Å². The van der Waals surface area contributed by atoms with Crippen molar-refractivity contribution in [3.63, 3.8) is 0 Å². The lowest BCUT2D eigenvalue weighted by Gasteiger charge is -2.13. The van der Waals surface area contributed by atoms with E-state index < -0.39 is 0 Å². The Morgan fingerprint density at radius 3 is 2.30 bits per heavy atom. The second-order valence-electron chi connectivity index (χ2n) is 5.50. The Morgan fingerprint density at radius 2 is 1.59 bits per heavy atom. The number of para-hydroxylation sites is 3. The molecule has 0 fully saturated rings. The third-order valence-electron chi connectivity index (χ3n) is 3.72. The van der Waals surface area contributed by atoms with Gasteiger partial charge in [-0.1, -0.05) is 24.3 Å². The Balaban J connectivity index is 1.82. The number of benzene rings is 2. The first-order chi connectivity index (χ1) is 13.2. The van der Waals surface area contributed by atoms with Gasteiger partial charge in [0.25, 0.3) is 0 Å². The van der Waals surface area contributed by atoms with Crippen molar-refractivity contribution in [1.29, 1.82) is 0 Å². The summed E-state index contributed by atoms with van der Waals surface area (Å²) in [5, 5.41) is 6.34. The van der Waals surface area contributed by atoms with E-state index in [0.29, 0.717) is 35.2 Å². The molecule has 0 aliphatic rings. The molecule has 0 amide bonds. The van der Waals surface area contributed by atoms with Crippen LogP contribution in [0.4, 0.5) is 23.0 Å². The van der Waals surface area contributed by atoms with Crippen molar-refractivity contribution in [1.82, 2.24) is 9.97 Å². The minimum Gasteiger partial charge on any atom is -0.495 e. The van der Waals surface area contributed by atoms with Gasteiger partial charge in [0.2, 0.25) is 0 Å². The third kappa shape index (κ3) is 4.52. The maximum atomic E-state index is 12.1. The number of hydrogen-bond acceptors (Lipinski definition) is 7. The fraction of sp³-hybridized carbons (Fsp3) is 0.150. The van der Waals surface area contributed by atoms with Gasteiger partial charge in [0.15, 0.2) is 0 Å². The summed E-state index contributed by atoms with van der Waals surface area (Å²) in [5.41, 5.74) is 1.84. The van der Waals surface area contributed by atoms with Gasteiger partial charge in [0.05, 0.1) is 30.7 Å². The van der Waals surface area contributed by atoms with E-state index >= 15 is 0 Å². The Hall–Kier alpha value is -3.61. The summed E-state index contributed by atoms with van der Waals surface area (Å²) < 4.78 is 10.4. The average molecular weight is 364 g/mol. The topological polar surface area (TPSA) is 85.4 Å². The molecule has 0 saturated carbocycles. The van der Waals surface area contributed by atoms with Gasteiger partial charge in [-0.05, 0) is 31.2 Å². The van der Waals surface area contributed by atoms with Gasteiger partial charge in [-0.3, -0.25) is 0 Å². The van der Waals surface area contributed by atoms with Crippen LogP contribution in [0, 0.1) is 0 Å². The van der Waals surface area contributed by atoms with Crippen molar-refractivity contribution < 1.29 is 14.3 Å². The van der Waals surface area contributed by atoms with Crippen LogP contribution in [0.2, 0.25) is 0 Å². The van der Waals surface area contributed by atoms with Crippen molar-refractivity contribution in [2.24, 2.45) is 0 Å². The van der Waals surface area contributed by atoms with E-state index in [9.17, 15) is 4.79 Å². The lowest BCUT2D eigenvalue weighted by Crippen LogP contribution is -2.08. The highest BCUT2D eigenvalue weighted by Gasteiger charge is 2.12. The Labute approximate surface area is 157 Å². The summed E-state index contributed by atoms with van der Waals surface area (Å²) in [7, 11) is 1.61. The number of hydrogen-bond donors (Lipinski definition) is 2. The monoisotopic (exact) mass is 364 g/mol. The SMILES string of the molecule is CCOC(=O)c1ccccc1Nc1cc(Nc2ccccc2OC)ncn1. The molecule has 3 aromatic rings. The Bertz CT molecular complexity index is 930. The van der Waals surface area contributed by atoms with Crippen LogP contribution in [-0.2, 0) is 4.74 Å². The van der Waals surface area contributed by atoms with Gasteiger partial charge in [0, 0.05) is 6.07 Å². The molecule has 0 bridgehead atoms. The summed E-state index contributed by atoms with van der Waals surface area (Å²) in [6.45, 7) is 2.09. The van der Waals surface area contributed by atoms with E-state index in [-0.39, 0.29) is 5.97 Å². The highest BCUT2D eigenvalue weighted by molar-refractivity contribution is 5.96. The van der Waals surface area contributed by atoms with Gasteiger partial charge >= 0.3 is 5.97 Å². The highest BCUT2D eigenvalue weighted by Crippen LogP contribution is 2.27. The van der Waals surface area contributed by atoms with Crippen LogP contribution >= 0.6 is 0 Å². The molecule has 138 valence electrons. The summed E-state index contributed by atoms with van der Waals surface area (Å²) in [6.07, 6.45) is 1.44. The molecule has 0 aliphatic carbocycles. The summed E-state index contributed by atoms with van der Waals surface area (Å²) in [5.74, 6) is 1.45. The third-order valence-corrected chi connectivity index (χ3v) is 3.72. The number of methoxy groups -OCH3 is 1. The van der Waals surface area contributed by atoms with E-state index in [1.807, 2.05) is 30.3 Å². The molecule has 2 aromatic carbocycles. The fourth-order valence-corrected chi connectivity index (χ4v) is 2.50. The van der Waals surface area contributed by atoms with Crippen LogP contribution in [0.1, 0.15) is 17.3 Å². The maximum absolute atomic E-state index is 12.1. The normalized spacial score (nSPS) is 10.1. The smallest absolute Gasteiger partial charge is 0.340 e. The van der Waals surface area contributed by atoms with Crippen LogP contribution in [0.3, 0.4) is 0 Å². The van der Waals surface area contributed by atoms with Crippen molar-refractivity contribution in [2.75, 3.05) is 24.4 Å². The molecule has 7 nitrogen and oxygen atoms in total. The molecule has 0 atom stereocenters. The van der Waals surface area contributed by atoms with E-state index in [4.69, 9.17) is 9.47 Å². The molecular formula is C20H20N4O3. The number of carbonyl (C=O) groups is 1. The van der Waals surface area contributed by atoms with Gasteiger partial charge in [-0.25, -0.2) is 14.8 Å². The zero-order chi connectivity index (χ0) is 19.1. The van der Waals surface area contributed by atoms with Crippen LogP contribution in [0.25, 0.3) is 0 Å². The molecule has 0 spiro atoms.